The Morgan fingerprint density at radius 1 is 1.11 bits per heavy atom. The third-order valence-electron chi connectivity index (χ3n) is 3.77. The molecule has 1 atom stereocenters. The monoisotopic (exact) mass is 411 g/mol. The summed E-state index contributed by atoms with van der Waals surface area (Å²) in [7, 11) is 0. The van der Waals surface area contributed by atoms with Gasteiger partial charge in [0.1, 0.15) is 5.69 Å². The Balaban J connectivity index is 0.000000194. The summed E-state index contributed by atoms with van der Waals surface area (Å²) in [5, 5.41) is 2.76. The van der Waals surface area contributed by atoms with Gasteiger partial charge in [0.2, 0.25) is 0 Å². The molecule has 3 aromatic rings. The van der Waals surface area contributed by atoms with Crippen molar-refractivity contribution in [1.29, 1.82) is 0 Å². The smallest absolute Gasteiger partial charge is 0.375 e. The van der Waals surface area contributed by atoms with Gasteiger partial charge >= 0.3 is 6.18 Å². The second-order valence-corrected chi connectivity index (χ2v) is 7.86. The predicted molar refractivity (Wildman–Crippen MR) is 108 cm³/mol. The Morgan fingerprint density at radius 3 is 2.22 bits per heavy atom. The van der Waals surface area contributed by atoms with Gasteiger partial charge in [-0.3, -0.25) is 4.98 Å². The maximum Gasteiger partial charge on any atom is 0.433 e. The van der Waals surface area contributed by atoms with Crippen LogP contribution < -0.4 is 5.73 Å². The summed E-state index contributed by atoms with van der Waals surface area (Å²) < 4.78 is 36.4. The summed E-state index contributed by atoms with van der Waals surface area (Å²) in [5.41, 5.74) is 8.87. The minimum absolute atomic E-state index is 0.171. The van der Waals surface area contributed by atoms with Crippen LogP contribution in [0.2, 0.25) is 0 Å². The Bertz CT molecular complexity index is 844. The summed E-state index contributed by atoms with van der Waals surface area (Å²) >= 11 is 3.04. The SMILES string of the molecule is CSC(C)c1ccc(C(F)(F)F)nc1.Cc1ccc(-c2csc(N)n2)cc1. The van der Waals surface area contributed by atoms with Crippen LogP contribution in [0.15, 0.2) is 48.0 Å². The molecule has 3 nitrogen and oxygen atoms in total. The lowest BCUT2D eigenvalue weighted by molar-refractivity contribution is -0.141. The molecule has 2 heterocycles. The molecule has 0 amide bonds. The van der Waals surface area contributed by atoms with Crippen molar-refractivity contribution >= 4 is 28.2 Å². The van der Waals surface area contributed by atoms with Crippen LogP contribution in [0.25, 0.3) is 11.3 Å². The van der Waals surface area contributed by atoms with Crippen molar-refractivity contribution in [1.82, 2.24) is 9.97 Å². The largest absolute Gasteiger partial charge is 0.433 e. The van der Waals surface area contributed by atoms with Gasteiger partial charge in [0.15, 0.2) is 5.13 Å². The first-order valence-electron chi connectivity index (χ1n) is 8.04. The topological polar surface area (TPSA) is 51.8 Å². The van der Waals surface area contributed by atoms with Crippen molar-refractivity contribution in [3.05, 3.63) is 64.8 Å². The lowest BCUT2D eigenvalue weighted by Crippen LogP contribution is -2.07. The van der Waals surface area contributed by atoms with Gasteiger partial charge in [-0.1, -0.05) is 35.9 Å². The van der Waals surface area contributed by atoms with E-state index in [1.165, 1.54) is 29.2 Å². The van der Waals surface area contributed by atoms with E-state index in [9.17, 15) is 13.2 Å². The van der Waals surface area contributed by atoms with Gasteiger partial charge in [-0.15, -0.1) is 11.3 Å². The lowest BCUT2D eigenvalue weighted by atomic mass is 10.1. The second-order valence-electron chi connectivity index (χ2n) is 5.79. The van der Waals surface area contributed by atoms with Crippen molar-refractivity contribution in [3.63, 3.8) is 0 Å². The molecule has 0 aliphatic carbocycles. The number of nitrogens with two attached hydrogens (primary N) is 1. The Morgan fingerprint density at radius 2 is 1.78 bits per heavy atom. The third-order valence-corrected chi connectivity index (χ3v) is 5.42. The zero-order chi connectivity index (χ0) is 20.0. The molecule has 2 N–H and O–H groups in total. The van der Waals surface area contributed by atoms with Crippen molar-refractivity contribution < 1.29 is 13.2 Å². The number of nitrogen functional groups attached to an aromatic ring is 1. The van der Waals surface area contributed by atoms with Gasteiger partial charge < -0.3 is 5.73 Å². The number of nitrogens with zero attached hydrogens (tertiary/aromatic N) is 2. The van der Waals surface area contributed by atoms with Crippen LogP contribution in [-0.4, -0.2) is 16.2 Å². The summed E-state index contributed by atoms with van der Waals surface area (Å²) in [5.74, 6) is 0. The van der Waals surface area contributed by atoms with Crippen molar-refractivity contribution in [2.45, 2.75) is 25.3 Å². The fourth-order valence-electron chi connectivity index (χ4n) is 2.09. The van der Waals surface area contributed by atoms with Crippen molar-refractivity contribution in [2.24, 2.45) is 0 Å². The van der Waals surface area contributed by atoms with Crippen molar-refractivity contribution in [2.75, 3.05) is 12.0 Å². The zero-order valence-electron chi connectivity index (χ0n) is 15.1. The normalized spacial score (nSPS) is 12.2. The highest BCUT2D eigenvalue weighted by Crippen LogP contribution is 2.30. The highest BCUT2D eigenvalue weighted by atomic mass is 32.2. The number of aromatic nitrogens is 2. The lowest BCUT2D eigenvalue weighted by Gasteiger charge is -2.09. The summed E-state index contributed by atoms with van der Waals surface area (Å²) in [4.78, 5) is 7.59. The molecule has 0 fully saturated rings. The number of halogens is 3. The minimum Gasteiger partial charge on any atom is -0.375 e. The summed E-state index contributed by atoms with van der Waals surface area (Å²) in [6, 6.07) is 10.8. The molecule has 0 aliphatic rings. The van der Waals surface area contributed by atoms with Crippen LogP contribution in [0, 0.1) is 6.92 Å². The zero-order valence-corrected chi connectivity index (χ0v) is 16.8. The Hall–Kier alpha value is -2.06. The van der Waals surface area contributed by atoms with E-state index in [1.807, 2.05) is 18.6 Å². The first-order chi connectivity index (χ1) is 12.7. The molecule has 8 heteroatoms. The number of thioether (sulfide) groups is 1. The fraction of sp³-hybridized carbons (Fsp3) is 0.263. The first-order valence-corrected chi connectivity index (χ1v) is 10.2. The number of hydrogen-bond donors (Lipinski definition) is 1. The number of rotatable bonds is 3. The molecule has 0 spiro atoms. The molecule has 0 saturated carbocycles. The molecule has 3 rings (SSSR count). The van der Waals surface area contributed by atoms with Crippen molar-refractivity contribution in [3.8, 4) is 11.3 Å². The average Bonchev–Trinajstić information content (AvgIpc) is 3.08. The quantitative estimate of drug-likeness (QED) is 0.555. The van der Waals surface area contributed by atoms with Gasteiger partial charge in [0.05, 0.1) is 5.69 Å². The van der Waals surface area contributed by atoms with Gasteiger partial charge in [-0.2, -0.15) is 24.9 Å². The maximum atomic E-state index is 12.1. The molecule has 0 radical (unpaired) electrons. The predicted octanol–water partition coefficient (Wildman–Crippen LogP) is 6.23. The molecule has 2 aromatic heterocycles. The number of hydrogen-bond acceptors (Lipinski definition) is 5. The van der Waals surface area contributed by atoms with Gasteiger partial charge in [-0.25, -0.2) is 4.98 Å². The molecular formula is C19H20F3N3S2. The number of alkyl halides is 3. The third kappa shape index (κ3) is 6.25. The van der Waals surface area contributed by atoms with Crippen LogP contribution in [0.3, 0.4) is 0 Å². The minimum atomic E-state index is -4.35. The van der Waals surface area contributed by atoms with Gasteiger partial charge in [0, 0.05) is 22.4 Å². The fourth-order valence-corrected chi connectivity index (χ4v) is 3.08. The molecule has 144 valence electrons. The number of pyridine rings is 1. The van der Waals surface area contributed by atoms with Crippen LogP contribution >= 0.6 is 23.1 Å². The summed E-state index contributed by atoms with van der Waals surface area (Å²) in [6.45, 7) is 3.99. The first kappa shape index (κ1) is 21.2. The van der Waals surface area contributed by atoms with Gasteiger partial charge in [0.25, 0.3) is 0 Å². The Kier molecular flexibility index (Phi) is 7.26. The van der Waals surface area contributed by atoms with E-state index in [1.54, 1.807) is 11.8 Å². The second kappa shape index (κ2) is 9.23. The number of aryl methyl sites for hydroxylation is 1. The molecule has 1 aromatic carbocycles. The Labute approximate surface area is 164 Å². The van der Waals surface area contributed by atoms with E-state index in [4.69, 9.17) is 5.73 Å². The van der Waals surface area contributed by atoms with E-state index in [0.717, 1.165) is 22.9 Å². The van der Waals surface area contributed by atoms with Crippen LogP contribution in [0.1, 0.15) is 29.0 Å². The highest BCUT2D eigenvalue weighted by Gasteiger charge is 2.32. The summed E-state index contributed by atoms with van der Waals surface area (Å²) in [6.07, 6.45) is -1.16. The van der Waals surface area contributed by atoms with Crippen LogP contribution in [0.5, 0.6) is 0 Å². The standard InChI is InChI=1S/C10H10N2S.C9H10F3NS/c1-7-2-4-8(5-3-7)9-6-13-10(11)12-9;1-6(14-2)7-3-4-8(13-5-7)9(10,11)12/h2-6H,1H3,(H2,11,12);3-6H,1-2H3. The average molecular weight is 412 g/mol. The molecule has 0 aliphatic heterocycles. The number of thiazole rings is 1. The van der Waals surface area contributed by atoms with E-state index >= 15 is 0 Å². The van der Waals surface area contributed by atoms with Crippen LogP contribution in [0.4, 0.5) is 18.3 Å². The maximum absolute atomic E-state index is 12.1. The molecule has 0 saturated heterocycles. The van der Waals surface area contributed by atoms with Gasteiger partial charge in [-0.05, 0) is 31.7 Å². The number of benzene rings is 1. The molecule has 0 bridgehead atoms. The van der Waals surface area contributed by atoms with Crippen LogP contribution in [-0.2, 0) is 6.18 Å². The van der Waals surface area contributed by atoms with E-state index in [2.05, 4.69) is 41.2 Å². The molecule has 27 heavy (non-hydrogen) atoms. The number of anilines is 1. The highest BCUT2D eigenvalue weighted by molar-refractivity contribution is 7.98. The molecule has 1 unspecified atom stereocenters. The molecular weight excluding hydrogens is 391 g/mol. The van der Waals surface area contributed by atoms with E-state index in [-0.39, 0.29) is 5.25 Å². The van der Waals surface area contributed by atoms with E-state index < -0.39 is 11.9 Å². The van der Waals surface area contributed by atoms with E-state index in [0.29, 0.717) is 5.13 Å².